The minimum atomic E-state index is 0.154. The molecule has 0 unspecified atom stereocenters. The van der Waals surface area contributed by atoms with E-state index in [0.29, 0.717) is 17.8 Å². The lowest BCUT2D eigenvalue weighted by Crippen LogP contribution is -2.41. The zero-order valence-electron chi connectivity index (χ0n) is 19.1. The summed E-state index contributed by atoms with van der Waals surface area (Å²) in [6.07, 6.45) is 27.8. The van der Waals surface area contributed by atoms with Crippen LogP contribution in [0, 0.1) is 41.4 Å². The maximum absolute atomic E-state index is 13.6. The van der Waals surface area contributed by atoms with Crippen molar-refractivity contribution in [3.05, 3.63) is 12.2 Å². The van der Waals surface area contributed by atoms with E-state index in [1.165, 1.54) is 96.3 Å². The van der Waals surface area contributed by atoms with Crippen LogP contribution >= 0.6 is 0 Å². The SMILES string of the molecule is O=C(OC1CCC(C2CCCCC2)CC1)[C@H]1[C@@H]2CCC[C@@H]2C=C[C@H]1C1CCCCC1. The Bertz CT molecular complexity index is 590. The fraction of sp³-hybridized carbons (Fsp3) is 0.893. The molecule has 0 aliphatic heterocycles. The van der Waals surface area contributed by atoms with Gasteiger partial charge in [-0.2, -0.15) is 0 Å². The van der Waals surface area contributed by atoms with Gasteiger partial charge in [0.05, 0.1) is 5.92 Å². The molecule has 0 saturated heterocycles. The van der Waals surface area contributed by atoms with E-state index in [2.05, 4.69) is 12.2 Å². The quantitative estimate of drug-likeness (QED) is 0.353. The Morgan fingerprint density at radius 3 is 1.93 bits per heavy atom. The first-order chi connectivity index (χ1) is 14.8. The van der Waals surface area contributed by atoms with Gasteiger partial charge < -0.3 is 4.74 Å². The minimum Gasteiger partial charge on any atom is -0.462 e. The molecule has 0 heterocycles. The fourth-order valence-electron chi connectivity index (χ4n) is 8.21. The average molecular weight is 413 g/mol. The lowest BCUT2D eigenvalue weighted by atomic mass is 9.65. The van der Waals surface area contributed by atoms with Gasteiger partial charge in [0, 0.05) is 0 Å². The first kappa shape index (κ1) is 21.1. The largest absolute Gasteiger partial charge is 0.462 e. The molecule has 0 radical (unpaired) electrons. The monoisotopic (exact) mass is 412 g/mol. The predicted octanol–water partition coefficient (Wildman–Crippen LogP) is 7.47. The van der Waals surface area contributed by atoms with Crippen molar-refractivity contribution < 1.29 is 9.53 Å². The van der Waals surface area contributed by atoms with E-state index in [4.69, 9.17) is 4.74 Å². The first-order valence-corrected chi connectivity index (χ1v) is 13.7. The summed E-state index contributed by atoms with van der Waals surface area (Å²) in [4.78, 5) is 13.6. The smallest absolute Gasteiger partial charge is 0.310 e. The van der Waals surface area contributed by atoms with Crippen LogP contribution in [0.15, 0.2) is 12.2 Å². The molecule has 4 saturated carbocycles. The third-order valence-corrected chi connectivity index (χ3v) is 9.87. The Labute approximate surface area is 184 Å². The molecule has 4 atom stereocenters. The van der Waals surface area contributed by atoms with Gasteiger partial charge in [0.25, 0.3) is 0 Å². The number of carbonyl (C=O) groups is 1. The van der Waals surface area contributed by atoms with Gasteiger partial charge in [0.1, 0.15) is 6.10 Å². The second-order valence-electron chi connectivity index (χ2n) is 11.5. The molecule has 30 heavy (non-hydrogen) atoms. The third kappa shape index (κ3) is 4.53. The Kier molecular flexibility index (Phi) is 6.87. The third-order valence-electron chi connectivity index (χ3n) is 9.87. The van der Waals surface area contributed by atoms with Crippen molar-refractivity contribution in [2.24, 2.45) is 41.4 Å². The minimum absolute atomic E-state index is 0.154. The van der Waals surface area contributed by atoms with E-state index in [9.17, 15) is 4.79 Å². The molecule has 5 rings (SSSR count). The molecule has 0 N–H and O–H groups in total. The number of allylic oxidation sites excluding steroid dienone is 2. The van der Waals surface area contributed by atoms with Crippen molar-refractivity contribution in [3.63, 3.8) is 0 Å². The molecule has 0 spiro atoms. The second-order valence-corrected chi connectivity index (χ2v) is 11.5. The van der Waals surface area contributed by atoms with Crippen LogP contribution < -0.4 is 0 Å². The number of hydrogen-bond acceptors (Lipinski definition) is 2. The number of esters is 1. The van der Waals surface area contributed by atoms with Crippen LogP contribution in [0.5, 0.6) is 0 Å². The van der Waals surface area contributed by atoms with Gasteiger partial charge in [-0.1, -0.05) is 69.9 Å². The summed E-state index contributed by atoms with van der Waals surface area (Å²) in [6, 6.07) is 0. The normalized spacial score (nSPS) is 40.8. The van der Waals surface area contributed by atoms with Crippen molar-refractivity contribution in [1.82, 2.24) is 0 Å². The van der Waals surface area contributed by atoms with E-state index in [1.807, 2.05) is 0 Å². The number of hydrogen-bond donors (Lipinski definition) is 0. The number of ether oxygens (including phenoxy) is 1. The van der Waals surface area contributed by atoms with Crippen LogP contribution in [-0.2, 0) is 9.53 Å². The van der Waals surface area contributed by atoms with E-state index in [1.54, 1.807) is 0 Å². The summed E-state index contributed by atoms with van der Waals surface area (Å²) in [5, 5.41) is 0. The van der Waals surface area contributed by atoms with Crippen LogP contribution in [0.2, 0.25) is 0 Å². The Morgan fingerprint density at radius 2 is 1.23 bits per heavy atom. The van der Waals surface area contributed by atoms with Crippen LogP contribution in [0.4, 0.5) is 0 Å². The number of rotatable bonds is 4. The Hall–Kier alpha value is -0.790. The highest BCUT2D eigenvalue weighted by atomic mass is 16.5. The van der Waals surface area contributed by atoms with Gasteiger partial charge in [-0.3, -0.25) is 4.79 Å². The van der Waals surface area contributed by atoms with E-state index >= 15 is 0 Å². The van der Waals surface area contributed by atoms with Crippen molar-refractivity contribution in [2.75, 3.05) is 0 Å². The van der Waals surface area contributed by atoms with Crippen LogP contribution in [-0.4, -0.2) is 12.1 Å². The van der Waals surface area contributed by atoms with E-state index < -0.39 is 0 Å². The molecule has 0 aromatic heterocycles. The van der Waals surface area contributed by atoms with Gasteiger partial charge in [0.15, 0.2) is 0 Å². The fourth-order valence-corrected chi connectivity index (χ4v) is 8.21. The number of carbonyl (C=O) groups excluding carboxylic acids is 1. The van der Waals surface area contributed by atoms with Gasteiger partial charge in [0.2, 0.25) is 0 Å². The van der Waals surface area contributed by atoms with Crippen LogP contribution in [0.3, 0.4) is 0 Å². The van der Waals surface area contributed by atoms with Crippen LogP contribution in [0.25, 0.3) is 0 Å². The van der Waals surface area contributed by atoms with Crippen LogP contribution in [0.1, 0.15) is 109 Å². The molecule has 2 heteroatoms. The van der Waals surface area contributed by atoms with Crippen molar-refractivity contribution in [2.45, 2.75) is 115 Å². The zero-order valence-corrected chi connectivity index (χ0v) is 19.1. The molecule has 0 aromatic carbocycles. The van der Waals surface area contributed by atoms with Crippen molar-refractivity contribution in [1.29, 1.82) is 0 Å². The molecule has 0 bridgehead atoms. The Balaban J connectivity index is 1.21. The highest BCUT2D eigenvalue weighted by Crippen LogP contribution is 2.49. The molecule has 4 fully saturated rings. The molecule has 5 aliphatic rings. The summed E-state index contributed by atoms with van der Waals surface area (Å²) in [6.45, 7) is 0. The molecule has 5 aliphatic carbocycles. The highest BCUT2D eigenvalue weighted by Gasteiger charge is 2.46. The highest BCUT2D eigenvalue weighted by molar-refractivity contribution is 5.74. The molecular formula is C28H44O2. The summed E-state index contributed by atoms with van der Waals surface area (Å²) < 4.78 is 6.32. The number of fused-ring (bicyclic) bond motifs is 1. The van der Waals surface area contributed by atoms with Gasteiger partial charge in [-0.15, -0.1) is 0 Å². The lowest BCUT2D eigenvalue weighted by Gasteiger charge is -2.41. The van der Waals surface area contributed by atoms with Crippen molar-refractivity contribution >= 4 is 5.97 Å². The van der Waals surface area contributed by atoms with Gasteiger partial charge >= 0.3 is 5.97 Å². The summed E-state index contributed by atoms with van der Waals surface area (Å²) in [5.41, 5.74) is 0. The molecule has 2 nitrogen and oxygen atoms in total. The second kappa shape index (κ2) is 9.78. The van der Waals surface area contributed by atoms with E-state index in [0.717, 1.165) is 30.6 Å². The summed E-state index contributed by atoms with van der Waals surface area (Å²) in [5.74, 6) is 4.60. The first-order valence-electron chi connectivity index (χ1n) is 13.7. The van der Waals surface area contributed by atoms with Gasteiger partial charge in [-0.25, -0.2) is 0 Å². The van der Waals surface area contributed by atoms with Gasteiger partial charge in [-0.05, 0) is 86.9 Å². The standard InChI is InChI=1S/C28H44O2/c29-28(30-24-17-14-21(15-18-24)20-8-3-1-4-9-20)27-25-13-7-12-23(25)16-19-26(27)22-10-5-2-6-11-22/h16,19-27H,1-15,17-18H2/t21?,23-,24?,25-,26+,27+/m1/s1. The Morgan fingerprint density at radius 1 is 0.600 bits per heavy atom. The molecule has 168 valence electrons. The average Bonchev–Trinajstić information content (AvgIpc) is 3.29. The zero-order chi connectivity index (χ0) is 20.3. The lowest BCUT2D eigenvalue weighted by molar-refractivity contribution is -0.162. The maximum Gasteiger partial charge on any atom is 0.310 e. The summed E-state index contributed by atoms with van der Waals surface area (Å²) >= 11 is 0. The maximum atomic E-state index is 13.6. The molecular weight excluding hydrogens is 368 g/mol. The molecule has 0 amide bonds. The van der Waals surface area contributed by atoms with E-state index in [-0.39, 0.29) is 18.0 Å². The summed E-state index contributed by atoms with van der Waals surface area (Å²) in [7, 11) is 0. The topological polar surface area (TPSA) is 26.3 Å². The predicted molar refractivity (Wildman–Crippen MR) is 122 cm³/mol. The molecule has 0 aromatic rings. The van der Waals surface area contributed by atoms with Crippen molar-refractivity contribution in [3.8, 4) is 0 Å².